The molecule has 0 aliphatic heterocycles. The quantitative estimate of drug-likeness (QED) is 0.337. The normalized spacial score (nSPS) is 12.9. The number of imidazole rings is 1. The van der Waals surface area contributed by atoms with Crippen LogP contribution in [0.5, 0.6) is 0 Å². The molecule has 0 bridgehead atoms. The second-order valence-corrected chi connectivity index (χ2v) is 10.1. The number of carbonyl (C=O) groups is 1. The molecule has 4 N–H and O–H groups in total. The highest BCUT2D eigenvalue weighted by molar-refractivity contribution is 7.92. The predicted molar refractivity (Wildman–Crippen MR) is 125 cm³/mol. The highest BCUT2D eigenvalue weighted by Gasteiger charge is 2.20. The molecule has 1 aromatic heterocycles. The van der Waals surface area contributed by atoms with Gasteiger partial charge in [0, 0.05) is 30.5 Å². The zero-order valence-electron chi connectivity index (χ0n) is 18.5. The summed E-state index contributed by atoms with van der Waals surface area (Å²) >= 11 is 0. The summed E-state index contributed by atoms with van der Waals surface area (Å²) in [6.07, 6.45) is 2.79. The molecule has 3 aromatic rings. The van der Waals surface area contributed by atoms with E-state index < -0.39 is 22.1 Å². The average molecular weight is 473 g/mol. The lowest BCUT2D eigenvalue weighted by Gasteiger charge is -2.28. The lowest BCUT2D eigenvalue weighted by Crippen LogP contribution is -2.42. The number of aromatic carboxylic acids is 1. The number of sulfonamides is 1. The van der Waals surface area contributed by atoms with E-state index in [4.69, 9.17) is 5.11 Å². The van der Waals surface area contributed by atoms with E-state index in [0.717, 1.165) is 0 Å². The molecule has 0 aliphatic rings. The van der Waals surface area contributed by atoms with Crippen LogP contribution in [0.4, 0.5) is 5.69 Å². The Morgan fingerprint density at radius 2 is 1.88 bits per heavy atom. The maximum Gasteiger partial charge on any atom is 0.356 e. The molecule has 0 saturated carbocycles. The molecule has 33 heavy (non-hydrogen) atoms. The Kier molecular flexibility index (Phi) is 7.52. The summed E-state index contributed by atoms with van der Waals surface area (Å²) in [5, 5.41) is 22.9. The van der Waals surface area contributed by atoms with Gasteiger partial charge in [-0.2, -0.15) is 0 Å². The van der Waals surface area contributed by atoms with E-state index >= 15 is 0 Å². The maximum absolute atomic E-state index is 12.5. The van der Waals surface area contributed by atoms with E-state index in [2.05, 4.69) is 15.0 Å². The minimum atomic E-state index is -3.72. The number of benzene rings is 2. The SMILES string of the molecule is CC(C)(CCn1cnc(C(=O)O)c1)NC[C@H](O)c1cccc(NS(=O)(=O)c2ccccc2)c1. The Morgan fingerprint density at radius 1 is 1.15 bits per heavy atom. The van der Waals surface area contributed by atoms with Crippen molar-refractivity contribution in [1.29, 1.82) is 0 Å². The smallest absolute Gasteiger partial charge is 0.356 e. The molecule has 3 rings (SSSR count). The highest BCUT2D eigenvalue weighted by atomic mass is 32.2. The van der Waals surface area contributed by atoms with E-state index in [1.165, 1.54) is 24.7 Å². The number of nitrogens with one attached hydrogen (secondary N) is 2. The topological polar surface area (TPSA) is 134 Å². The van der Waals surface area contributed by atoms with Crippen LogP contribution >= 0.6 is 0 Å². The van der Waals surface area contributed by atoms with E-state index in [9.17, 15) is 18.3 Å². The van der Waals surface area contributed by atoms with Crippen molar-refractivity contribution < 1.29 is 23.4 Å². The van der Waals surface area contributed by atoms with Crippen molar-refractivity contribution in [3.63, 3.8) is 0 Å². The molecule has 10 heteroatoms. The van der Waals surface area contributed by atoms with Crippen molar-refractivity contribution in [2.45, 2.75) is 43.4 Å². The van der Waals surface area contributed by atoms with Crippen LogP contribution in [0.1, 0.15) is 42.4 Å². The third-order valence-electron chi connectivity index (χ3n) is 5.20. The van der Waals surface area contributed by atoms with Gasteiger partial charge in [-0.3, -0.25) is 4.72 Å². The molecule has 0 aliphatic carbocycles. The molecule has 176 valence electrons. The fraction of sp³-hybridized carbons (Fsp3) is 0.304. The van der Waals surface area contributed by atoms with Crippen molar-refractivity contribution in [3.05, 3.63) is 78.4 Å². The van der Waals surface area contributed by atoms with E-state index in [-0.39, 0.29) is 22.7 Å². The third kappa shape index (κ3) is 6.88. The summed E-state index contributed by atoms with van der Waals surface area (Å²) in [7, 11) is -3.72. The van der Waals surface area contributed by atoms with Crippen LogP contribution in [0.3, 0.4) is 0 Å². The zero-order chi connectivity index (χ0) is 24.1. The number of anilines is 1. The molecule has 0 fully saturated rings. The fourth-order valence-electron chi connectivity index (χ4n) is 3.20. The van der Waals surface area contributed by atoms with Gasteiger partial charge in [-0.15, -0.1) is 0 Å². The van der Waals surface area contributed by atoms with Gasteiger partial charge in [0.1, 0.15) is 0 Å². The molecule has 0 amide bonds. The Balaban J connectivity index is 1.57. The minimum Gasteiger partial charge on any atom is -0.476 e. The van der Waals surface area contributed by atoms with Crippen LogP contribution in [0, 0.1) is 0 Å². The average Bonchev–Trinajstić information content (AvgIpc) is 3.26. The van der Waals surface area contributed by atoms with Gasteiger partial charge in [0.2, 0.25) is 0 Å². The molecule has 0 spiro atoms. The lowest BCUT2D eigenvalue weighted by atomic mass is 9.99. The molecule has 9 nitrogen and oxygen atoms in total. The number of carboxylic acids is 1. The van der Waals surface area contributed by atoms with Gasteiger partial charge in [-0.05, 0) is 50.1 Å². The number of hydrogen-bond donors (Lipinski definition) is 4. The Labute approximate surface area is 193 Å². The van der Waals surface area contributed by atoms with Crippen LogP contribution in [0.15, 0.2) is 72.0 Å². The number of aliphatic hydroxyl groups is 1. The fourth-order valence-corrected chi connectivity index (χ4v) is 4.27. The van der Waals surface area contributed by atoms with Crippen molar-refractivity contribution >= 4 is 21.7 Å². The van der Waals surface area contributed by atoms with Crippen molar-refractivity contribution in [3.8, 4) is 0 Å². The molecular weight excluding hydrogens is 444 g/mol. The Bertz CT molecular complexity index is 1190. The standard InChI is InChI=1S/C23H28N4O5S/c1-23(2,11-12-27-15-20(22(29)30)24-16-27)25-14-21(28)17-7-6-8-18(13-17)26-33(31,32)19-9-4-3-5-10-19/h3-10,13,15-16,21,25-26,28H,11-12,14H2,1-2H3,(H,29,30)/t21-/m0/s1. The first-order valence-corrected chi connectivity index (χ1v) is 11.9. The van der Waals surface area contributed by atoms with Gasteiger partial charge in [-0.1, -0.05) is 30.3 Å². The summed E-state index contributed by atoms with van der Waals surface area (Å²) in [5.41, 5.74) is 0.594. The first-order chi connectivity index (χ1) is 15.6. The number of nitrogens with zero attached hydrogens (tertiary/aromatic N) is 2. The Hall–Kier alpha value is -3.21. The van der Waals surface area contributed by atoms with E-state index in [1.807, 2.05) is 13.8 Å². The zero-order valence-corrected chi connectivity index (χ0v) is 19.3. The Morgan fingerprint density at radius 3 is 2.55 bits per heavy atom. The molecule has 1 atom stereocenters. The number of β-amino-alcohol motifs (C(OH)–C–C–N with tert-alkyl or cyclic N) is 1. The van der Waals surface area contributed by atoms with Crippen molar-refractivity contribution in [2.24, 2.45) is 0 Å². The molecule has 1 heterocycles. The van der Waals surface area contributed by atoms with E-state index in [0.29, 0.717) is 24.2 Å². The van der Waals surface area contributed by atoms with Crippen LogP contribution in [0.25, 0.3) is 0 Å². The first-order valence-electron chi connectivity index (χ1n) is 10.4. The summed E-state index contributed by atoms with van der Waals surface area (Å²) in [6.45, 7) is 4.79. The van der Waals surface area contributed by atoms with Gasteiger partial charge < -0.3 is 20.1 Å². The number of hydrogen-bond acceptors (Lipinski definition) is 6. The second-order valence-electron chi connectivity index (χ2n) is 8.38. The second kappa shape index (κ2) is 10.2. The number of rotatable bonds is 11. The van der Waals surface area contributed by atoms with Gasteiger partial charge >= 0.3 is 5.97 Å². The lowest BCUT2D eigenvalue weighted by molar-refractivity contribution is 0.0691. The van der Waals surface area contributed by atoms with Crippen LogP contribution in [-0.2, 0) is 16.6 Å². The number of carboxylic acid groups (broad SMARTS) is 1. The maximum atomic E-state index is 12.5. The van der Waals surface area contributed by atoms with Gasteiger partial charge in [0.05, 0.1) is 17.3 Å². The van der Waals surface area contributed by atoms with Crippen LogP contribution in [-0.4, -0.2) is 46.2 Å². The largest absolute Gasteiger partial charge is 0.476 e. The predicted octanol–water partition coefficient (Wildman–Crippen LogP) is 2.87. The molecule has 0 radical (unpaired) electrons. The summed E-state index contributed by atoms with van der Waals surface area (Å²) in [6, 6.07) is 14.7. The van der Waals surface area contributed by atoms with Gasteiger partial charge in [0.25, 0.3) is 10.0 Å². The van der Waals surface area contributed by atoms with Crippen LogP contribution < -0.4 is 10.0 Å². The molecule has 0 saturated heterocycles. The summed E-state index contributed by atoms with van der Waals surface area (Å²) in [4.78, 5) is 14.9. The van der Waals surface area contributed by atoms with Crippen molar-refractivity contribution in [1.82, 2.24) is 14.9 Å². The third-order valence-corrected chi connectivity index (χ3v) is 6.60. The number of aliphatic hydroxyl groups excluding tert-OH is 1. The van der Waals surface area contributed by atoms with Crippen molar-refractivity contribution in [2.75, 3.05) is 11.3 Å². The summed E-state index contributed by atoms with van der Waals surface area (Å²) < 4.78 is 29.3. The number of aromatic nitrogens is 2. The van der Waals surface area contributed by atoms with Gasteiger partial charge in [-0.25, -0.2) is 18.2 Å². The highest BCUT2D eigenvalue weighted by Crippen LogP contribution is 2.21. The molecule has 0 unspecified atom stereocenters. The number of aryl methyl sites for hydroxylation is 1. The molecular formula is C23H28N4O5S. The van der Waals surface area contributed by atoms with Gasteiger partial charge in [0.15, 0.2) is 5.69 Å². The molecule has 2 aromatic carbocycles. The van der Waals surface area contributed by atoms with E-state index in [1.54, 1.807) is 47.0 Å². The monoisotopic (exact) mass is 472 g/mol. The van der Waals surface area contributed by atoms with Crippen LogP contribution in [0.2, 0.25) is 0 Å². The first kappa shape index (κ1) is 24.4. The minimum absolute atomic E-state index is 0.000965. The summed E-state index contributed by atoms with van der Waals surface area (Å²) in [5.74, 6) is -1.07.